The van der Waals surface area contributed by atoms with Gasteiger partial charge >= 0.3 is 5.97 Å². The van der Waals surface area contributed by atoms with Crippen molar-refractivity contribution >= 4 is 29.2 Å². The Labute approximate surface area is 132 Å². The Morgan fingerprint density at radius 3 is 2.76 bits per heavy atom. The van der Waals surface area contributed by atoms with Gasteiger partial charge in [-0.3, -0.25) is 0 Å². The molecule has 0 aromatic carbocycles. The van der Waals surface area contributed by atoms with Gasteiger partial charge in [0.25, 0.3) is 0 Å². The van der Waals surface area contributed by atoms with Crippen molar-refractivity contribution in [3.63, 3.8) is 0 Å². The van der Waals surface area contributed by atoms with Crippen molar-refractivity contribution in [1.82, 2.24) is 4.98 Å². The minimum absolute atomic E-state index is 0.0112. The summed E-state index contributed by atoms with van der Waals surface area (Å²) in [5.41, 5.74) is 0. The van der Waals surface area contributed by atoms with Crippen molar-refractivity contribution < 1.29 is 23.4 Å². The smallest absolute Gasteiger partial charge is 0.344 e. The molecule has 1 rings (SSSR count). The van der Waals surface area contributed by atoms with Crippen LogP contribution in [0.3, 0.4) is 0 Å². The maximum Gasteiger partial charge on any atom is 0.344 e. The summed E-state index contributed by atoms with van der Waals surface area (Å²) in [5.74, 6) is -1.76. The van der Waals surface area contributed by atoms with Gasteiger partial charge in [-0.2, -0.15) is 9.37 Å². The molecule has 0 bridgehead atoms. The normalized spacial score (nSPS) is 10.5. The Kier molecular flexibility index (Phi) is 8.34. The first-order valence-electron chi connectivity index (χ1n) is 6.42. The molecule has 1 heterocycles. The Morgan fingerprint density at radius 2 is 2.05 bits per heavy atom. The number of carbonyl (C=O) groups excluding carboxylic acids is 1. The van der Waals surface area contributed by atoms with E-state index in [0.717, 1.165) is 18.9 Å². The average molecular weight is 340 g/mol. The third kappa shape index (κ3) is 6.93. The molecule has 5 nitrogen and oxygen atoms in total. The predicted octanol–water partition coefficient (Wildman–Crippen LogP) is 3.27. The largest absolute Gasteiger partial charge is 0.465 e. The molecular weight excluding hydrogens is 324 g/mol. The molecule has 0 unspecified atom stereocenters. The average Bonchev–Trinajstić information content (AvgIpc) is 2.45. The van der Waals surface area contributed by atoms with Gasteiger partial charge in [0.1, 0.15) is 11.6 Å². The standard InChI is InChI=1S/C13H16Cl2FNO4/c1-2-3-4-19-5-6-20-11(18)8-21-13-10(15)7-9(14)12(16)17-13/h7H,2-6,8H2,1H3. The molecule has 1 aromatic heterocycles. The minimum atomic E-state index is -0.922. The van der Waals surface area contributed by atoms with Crippen molar-refractivity contribution in [3.8, 4) is 5.88 Å². The maximum atomic E-state index is 13.1. The maximum absolute atomic E-state index is 13.1. The van der Waals surface area contributed by atoms with E-state index in [1.54, 1.807) is 0 Å². The summed E-state index contributed by atoms with van der Waals surface area (Å²) in [6.45, 7) is 2.71. The number of hydrogen-bond acceptors (Lipinski definition) is 5. The first kappa shape index (κ1) is 17.9. The number of esters is 1. The van der Waals surface area contributed by atoms with Gasteiger partial charge in [0.2, 0.25) is 11.8 Å². The molecule has 0 amide bonds. The quantitative estimate of drug-likeness (QED) is 0.392. The molecule has 0 spiro atoms. The number of aromatic nitrogens is 1. The molecular formula is C13H16Cl2FNO4. The number of carbonyl (C=O) groups is 1. The zero-order chi connectivity index (χ0) is 15.7. The lowest BCUT2D eigenvalue weighted by molar-refractivity contribution is -0.147. The fourth-order valence-corrected chi connectivity index (χ4v) is 1.67. The van der Waals surface area contributed by atoms with Gasteiger partial charge < -0.3 is 14.2 Å². The summed E-state index contributed by atoms with van der Waals surface area (Å²) in [6, 6.07) is 1.15. The van der Waals surface area contributed by atoms with Crippen LogP contribution >= 0.6 is 23.2 Å². The minimum Gasteiger partial charge on any atom is -0.465 e. The highest BCUT2D eigenvalue weighted by atomic mass is 35.5. The van der Waals surface area contributed by atoms with E-state index >= 15 is 0 Å². The molecule has 0 saturated carbocycles. The van der Waals surface area contributed by atoms with E-state index in [9.17, 15) is 9.18 Å². The Balaban J connectivity index is 2.25. The van der Waals surface area contributed by atoms with Gasteiger partial charge in [0, 0.05) is 6.61 Å². The van der Waals surface area contributed by atoms with E-state index in [2.05, 4.69) is 11.9 Å². The Hall–Kier alpha value is -1.11. The van der Waals surface area contributed by atoms with E-state index in [1.165, 1.54) is 0 Å². The van der Waals surface area contributed by atoms with Crippen molar-refractivity contribution in [1.29, 1.82) is 0 Å². The van der Waals surface area contributed by atoms with Crippen molar-refractivity contribution in [3.05, 3.63) is 22.1 Å². The lowest BCUT2D eigenvalue weighted by Gasteiger charge is -2.08. The van der Waals surface area contributed by atoms with Crippen LogP contribution in [0.2, 0.25) is 10.0 Å². The Morgan fingerprint density at radius 1 is 1.29 bits per heavy atom. The topological polar surface area (TPSA) is 57.7 Å². The van der Waals surface area contributed by atoms with Crippen LogP contribution in [-0.4, -0.2) is 37.4 Å². The van der Waals surface area contributed by atoms with Crippen LogP contribution in [0.4, 0.5) is 4.39 Å². The number of pyridine rings is 1. The lowest BCUT2D eigenvalue weighted by Crippen LogP contribution is -2.18. The third-order valence-corrected chi connectivity index (χ3v) is 2.85. The zero-order valence-electron chi connectivity index (χ0n) is 11.5. The molecule has 8 heteroatoms. The summed E-state index contributed by atoms with van der Waals surface area (Å²) in [6.07, 6.45) is 2.00. The highest BCUT2D eigenvalue weighted by molar-refractivity contribution is 6.35. The van der Waals surface area contributed by atoms with Crippen LogP contribution in [0.15, 0.2) is 6.07 Å². The van der Waals surface area contributed by atoms with Crippen LogP contribution < -0.4 is 4.74 Å². The molecule has 0 aliphatic heterocycles. The monoisotopic (exact) mass is 339 g/mol. The first-order valence-corrected chi connectivity index (χ1v) is 7.18. The molecule has 21 heavy (non-hydrogen) atoms. The van der Waals surface area contributed by atoms with E-state index in [0.29, 0.717) is 13.2 Å². The SMILES string of the molecule is CCCCOCCOC(=O)COc1nc(F)c(Cl)cc1Cl. The van der Waals surface area contributed by atoms with Crippen LogP contribution in [0.5, 0.6) is 5.88 Å². The van der Waals surface area contributed by atoms with E-state index in [4.69, 9.17) is 37.4 Å². The number of nitrogens with zero attached hydrogens (tertiary/aromatic N) is 1. The van der Waals surface area contributed by atoms with E-state index in [-0.39, 0.29) is 22.5 Å². The fourth-order valence-electron chi connectivity index (χ4n) is 1.26. The van der Waals surface area contributed by atoms with Gasteiger partial charge in [-0.1, -0.05) is 36.5 Å². The van der Waals surface area contributed by atoms with E-state index < -0.39 is 18.5 Å². The molecule has 0 fully saturated rings. The summed E-state index contributed by atoms with van der Waals surface area (Å²) in [5, 5.41) is -0.212. The fraction of sp³-hybridized carbons (Fsp3) is 0.538. The first-order chi connectivity index (χ1) is 10.0. The summed E-state index contributed by atoms with van der Waals surface area (Å²) in [4.78, 5) is 14.8. The molecule has 0 aliphatic rings. The Bertz CT molecular complexity index is 474. The summed E-state index contributed by atoms with van der Waals surface area (Å²) < 4.78 is 28.2. The van der Waals surface area contributed by atoms with Crippen molar-refractivity contribution in [2.75, 3.05) is 26.4 Å². The second-order valence-corrected chi connectivity index (χ2v) is 4.84. The molecule has 0 aliphatic carbocycles. The van der Waals surface area contributed by atoms with Gasteiger partial charge in [-0.05, 0) is 12.5 Å². The second kappa shape index (κ2) is 9.76. The summed E-state index contributed by atoms with van der Waals surface area (Å²) >= 11 is 11.2. The highest BCUT2D eigenvalue weighted by Crippen LogP contribution is 2.26. The molecule has 0 radical (unpaired) electrons. The van der Waals surface area contributed by atoms with Crippen molar-refractivity contribution in [2.24, 2.45) is 0 Å². The van der Waals surface area contributed by atoms with Crippen LogP contribution in [0, 0.1) is 5.95 Å². The van der Waals surface area contributed by atoms with Crippen LogP contribution in [-0.2, 0) is 14.3 Å². The van der Waals surface area contributed by atoms with Gasteiger partial charge in [-0.15, -0.1) is 0 Å². The summed E-state index contributed by atoms with van der Waals surface area (Å²) in [7, 11) is 0. The van der Waals surface area contributed by atoms with Gasteiger partial charge in [0.15, 0.2) is 6.61 Å². The van der Waals surface area contributed by atoms with Gasteiger partial charge in [0.05, 0.1) is 11.6 Å². The number of unbranched alkanes of at least 4 members (excludes halogenated alkanes) is 1. The van der Waals surface area contributed by atoms with E-state index in [1.807, 2.05) is 0 Å². The molecule has 1 aromatic rings. The number of halogens is 3. The lowest BCUT2D eigenvalue weighted by atomic mass is 10.4. The second-order valence-electron chi connectivity index (χ2n) is 4.02. The number of hydrogen-bond donors (Lipinski definition) is 0. The van der Waals surface area contributed by atoms with Crippen LogP contribution in [0.1, 0.15) is 19.8 Å². The van der Waals surface area contributed by atoms with Crippen molar-refractivity contribution in [2.45, 2.75) is 19.8 Å². The third-order valence-electron chi connectivity index (χ3n) is 2.31. The van der Waals surface area contributed by atoms with Gasteiger partial charge in [-0.25, -0.2) is 4.79 Å². The van der Waals surface area contributed by atoms with Crippen LogP contribution in [0.25, 0.3) is 0 Å². The number of rotatable bonds is 9. The molecule has 0 N–H and O–H groups in total. The highest BCUT2D eigenvalue weighted by Gasteiger charge is 2.12. The predicted molar refractivity (Wildman–Crippen MR) is 76.4 cm³/mol. The zero-order valence-corrected chi connectivity index (χ0v) is 13.0. The number of ether oxygens (including phenoxy) is 3. The molecule has 0 saturated heterocycles. The molecule has 118 valence electrons. The molecule has 0 atom stereocenters.